The highest BCUT2D eigenvalue weighted by molar-refractivity contribution is 6.38. The maximum absolute atomic E-state index is 11.2. The third-order valence-corrected chi connectivity index (χ3v) is 5.12. The third kappa shape index (κ3) is 4.87. The van der Waals surface area contributed by atoms with E-state index in [0.717, 1.165) is 5.56 Å². The average Bonchev–Trinajstić information content (AvgIpc) is 3.43. The number of aliphatic carboxylic acids is 1. The first kappa shape index (κ1) is 20.9. The Hall–Kier alpha value is -3.36. The molecule has 0 fully saturated rings. The van der Waals surface area contributed by atoms with Crippen LogP contribution >= 0.6 is 23.2 Å². The van der Waals surface area contributed by atoms with Crippen molar-refractivity contribution in [1.82, 2.24) is 15.3 Å². The van der Waals surface area contributed by atoms with Crippen molar-refractivity contribution in [2.24, 2.45) is 0 Å². The largest absolute Gasteiger partial charge is 0.484 e. The summed E-state index contributed by atoms with van der Waals surface area (Å²) in [5.41, 5.74) is 1.81. The van der Waals surface area contributed by atoms with Gasteiger partial charge in [0.05, 0.1) is 27.7 Å². The number of nitrogens with zero attached hydrogens (tertiary/aromatic N) is 3. The summed E-state index contributed by atoms with van der Waals surface area (Å²) in [6.45, 7) is 0.0380. The molecule has 0 aliphatic carbocycles. The van der Waals surface area contributed by atoms with Crippen molar-refractivity contribution in [2.45, 2.75) is 18.9 Å². The van der Waals surface area contributed by atoms with Crippen molar-refractivity contribution >= 4 is 29.2 Å². The quantitative estimate of drug-likeness (QED) is 0.381. The molecule has 2 aromatic carbocycles. The van der Waals surface area contributed by atoms with Crippen molar-refractivity contribution in [1.29, 1.82) is 0 Å². The Morgan fingerprint density at radius 2 is 1.81 bits per heavy atom. The molecule has 0 spiro atoms. The predicted octanol–water partition coefficient (Wildman–Crippen LogP) is 5.22. The zero-order valence-electron chi connectivity index (χ0n) is 15.9. The fourth-order valence-corrected chi connectivity index (χ4v) is 3.60. The number of ether oxygens (including phenoxy) is 1. The summed E-state index contributed by atoms with van der Waals surface area (Å²) in [4.78, 5) is 15.5. The number of benzene rings is 2. The number of carboxylic acid groups (broad SMARTS) is 1. The van der Waals surface area contributed by atoms with E-state index in [2.05, 4.69) is 15.3 Å². The standard InChI is InChI=1S/C21H15Cl2N3O5/c22-15-2-1-3-16(23)20(15)21-24-18(31-26-21)11-29-13-6-4-12(5-7-13)14(10-19(27)28)17-8-9-30-25-17/h1-9,14H,10-11H2,(H,27,28)/t14-/m0/s1. The Labute approximate surface area is 186 Å². The van der Waals surface area contributed by atoms with E-state index in [1.54, 1.807) is 48.5 Å². The molecule has 2 heterocycles. The van der Waals surface area contributed by atoms with Gasteiger partial charge in [-0.25, -0.2) is 0 Å². The molecule has 1 N–H and O–H groups in total. The molecule has 0 saturated carbocycles. The first-order chi connectivity index (χ1) is 15.0. The van der Waals surface area contributed by atoms with Crippen LogP contribution in [0.5, 0.6) is 5.75 Å². The van der Waals surface area contributed by atoms with Crippen molar-refractivity contribution in [3.05, 3.63) is 82.0 Å². The average molecular weight is 460 g/mol. The lowest BCUT2D eigenvalue weighted by Crippen LogP contribution is -2.08. The monoisotopic (exact) mass is 459 g/mol. The van der Waals surface area contributed by atoms with Gasteiger partial charge in [0.1, 0.15) is 12.0 Å². The van der Waals surface area contributed by atoms with E-state index in [1.165, 1.54) is 6.26 Å². The van der Waals surface area contributed by atoms with Gasteiger partial charge >= 0.3 is 5.97 Å². The lowest BCUT2D eigenvalue weighted by Gasteiger charge is -2.13. The maximum Gasteiger partial charge on any atom is 0.304 e. The van der Waals surface area contributed by atoms with Crippen LogP contribution in [0.4, 0.5) is 0 Å². The Bertz CT molecular complexity index is 1160. The number of hydrogen-bond donors (Lipinski definition) is 1. The number of halogens is 2. The Balaban J connectivity index is 1.44. The van der Waals surface area contributed by atoms with E-state index in [1.807, 2.05) is 0 Å². The van der Waals surface area contributed by atoms with Crippen LogP contribution in [0.1, 0.15) is 29.5 Å². The fraction of sp³-hybridized carbons (Fsp3) is 0.143. The van der Waals surface area contributed by atoms with Gasteiger partial charge < -0.3 is 18.9 Å². The smallest absolute Gasteiger partial charge is 0.304 e. The number of aromatic nitrogens is 3. The van der Waals surface area contributed by atoms with Crippen LogP contribution in [0.15, 0.2) is 63.8 Å². The normalized spacial score (nSPS) is 11.9. The van der Waals surface area contributed by atoms with E-state index in [-0.39, 0.29) is 24.7 Å². The molecular weight excluding hydrogens is 445 g/mol. The first-order valence-corrected chi connectivity index (χ1v) is 9.88. The second-order valence-electron chi connectivity index (χ2n) is 6.54. The minimum absolute atomic E-state index is 0.0380. The minimum Gasteiger partial charge on any atom is -0.484 e. The minimum atomic E-state index is -0.931. The molecule has 4 aromatic rings. The number of rotatable bonds is 8. The molecule has 0 radical (unpaired) electrons. The molecule has 0 aliphatic heterocycles. The van der Waals surface area contributed by atoms with E-state index in [9.17, 15) is 9.90 Å². The summed E-state index contributed by atoms with van der Waals surface area (Å²) in [7, 11) is 0. The zero-order chi connectivity index (χ0) is 21.8. The molecule has 158 valence electrons. The van der Waals surface area contributed by atoms with Gasteiger partial charge in [-0.05, 0) is 29.8 Å². The van der Waals surface area contributed by atoms with Gasteiger partial charge in [-0.2, -0.15) is 4.98 Å². The van der Waals surface area contributed by atoms with E-state index >= 15 is 0 Å². The molecule has 0 amide bonds. The molecule has 1 atom stereocenters. The van der Waals surface area contributed by atoms with Crippen LogP contribution in [-0.4, -0.2) is 26.4 Å². The number of carbonyl (C=O) groups is 1. The van der Waals surface area contributed by atoms with E-state index < -0.39 is 11.9 Å². The predicted molar refractivity (Wildman–Crippen MR) is 111 cm³/mol. The first-order valence-electron chi connectivity index (χ1n) is 9.13. The molecule has 0 saturated heterocycles. The molecule has 2 aromatic heterocycles. The van der Waals surface area contributed by atoms with Gasteiger partial charge in [0, 0.05) is 12.0 Å². The summed E-state index contributed by atoms with van der Waals surface area (Å²) < 4.78 is 15.8. The summed E-state index contributed by atoms with van der Waals surface area (Å²) in [6, 6.07) is 13.8. The van der Waals surface area contributed by atoms with E-state index in [4.69, 9.17) is 37.0 Å². The summed E-state index contributed by atoms with van der Waals surface area (Å²) >= 11 is 12.3. The van der Waals surface area contributed by atoms with Crippen LogP contribution < -0.4 is 4.74 Å². The highest BCUT2D eigenvalue weighted by atomic mass is 35.5. The number of carboxylic acids is 1. The molecule has 0 unspecified atom stereocenters. The van der Waals surface area contributed by atoms with E-state index in [0.29, 0.717) is 27.1 Å². The van der Waals surface area contributed by atoms with Crippen LogP contribution in [-0.2, 0) is 11.4 Å². The van der Waals surface area contributed by atoms with Gasteiger partial charge in [-0.1, -0.05) is 51.7 Å². The summed E-state index contributed by atoms with van der Waals surface area (Å²) in [5, 5.41) is 17.8. The van der Waals surface area contributed by atoms with Gasteiger partial charge in [-0.15, -0.1) is 0 Å². The van der Waals surface area contributed by atoms with Crippen molar-refractivity contribution < 1.29 is 23.7 Å². The van der Waals surface area contributed by atoms with Crippen molar-refractivity contribution in [3.8, 4) is 17.1 Å². The molecule has 10 heteroatoms. The summed E-state index contributed by atoms with van der Waals surface area (Å²) in [5.74, 6) is -0.285. The highest BCUT2D eigenvalue weighted by Gasteiger charge is 2.21. The van der Waals surface area contributed by atoms with Gasteiger partial charge in [0.15, 0.2) is 6.61 Å². The van der Waals surface area contributed by atoms with Crippen LogP contribution in [0.3, 0.4) is 0 Å². The Kier molecular flexibility index (Phi) is 6.20. The lowest BCUT2D eigenvalue weighted by atomic mass is 9.92. The van der Waals surface area contributed by atoms with Gasteiger partial charge in [0.2, 0.25) is 5.82 Å². The second kappa shape index (κ2) is 9.20. The van der Waals surface area contributed by atoms with Crippen molar-refractivity contribution in [2.75, 3.05) is 0 Å². The molecule has 8 nitrogen and oxygen atoms in total. The molecule has 4 rings (SSSR count). The Morgan fingerprint density at radius 3 is 2.45 bits per heavy atom. The maximum atomic E-state index is 11.2. The van der Waals surface area contributed by atoms with Crippen LogP contribution in [0.25, 0.3) is 11.4 Å². The zero-order valence-corrected chi connectivity index (χ0v) is 17.4. The second-order valence-corrected chi connectivity index (χ2v) is 7.36. The SMILES string of the molecule is O=C(O)C[C@@H](c1ccc(OCc2nc(-c3c(Cl)cccc3Cl)no2)cc1)c1ccon1. The fourth-order valence-electron chi connectivity index (χ4n) is 3.04. The topological polar surface area (TPSA) is 111 Å². The molecular formula is C21H15Cl2N3O5. The lowest BCUT2D eigenvalue weighted by molar-refractivity contribution is -0.137. The van der Waals surface area contributed by atoms with Crippen LogP contribution in [0.2, 0.25) is 10.0 Å². The molecule has 0 bridgehead atoms. The van der Waals surface area contributed by atoms with Crippen molar-refractivity contribution in [3.63, 3.8) is 0 Å². The van der Waals surface area contributed by atoms with Crippen LogP contribution in [0, 0.1) is 0 Å². The summed E-state index contributed by atoms with van der Waals surface area (Å²) in [6.07, 6.45) is 1.30. The molecule has 31 heavy (non-hydrogen) atoms. The third-order valence-electron chi connectivity index (χ3n) is 4.49. The number of hydrogen-bond acceptors (Lipinski definition) is 7. The van der Waals surface area contributed by atoms with Gasteiger partial charge in [-0.3, -0.25) is 4.79 Å². The Morgan fingerprint density at radius 1 is 1.06 bits per heavy atom. The molecule has 0 aliphatic rings. The van der Waals surface area contributed by atoms with Gasteiger partial charge in [0.25, 0.3) is 5.89 Å². The highest BCUT2D eigenvalue weighted by Crippen LogP contribution is 2.33.